The van der Waals surface area contributed by atoms with Crippen LogP contribution in [0.5, 0.6) is 0 Å². The average molecular weight is 256 g/mol. The topological polar surface area (TPSA) is 44.0 Å². The number of H-pyrrole nitrogens is 1. The summed E-state index contributed by atoms with van der Waals surface area (Å²) in [5.41, 5.74) is 3.80. The van der Waals surface area contributed by atoms with Gasteiger partial charge in [0.1, 0.15) is 0 Å². The third kappa shape index (κ3) is 3.15. The van der Waals surface area contributed by atoms with Gasteiger partial charge in [-0.15, -0.1) is 0 Å². The lowest BCUT2D eigenvalue weighted by molar-refractivity contribution is 0.682. The second kappa shape index (κ2) is 5.89. The van der Waals surface area contributed by atoms with E-state index < -0.39 is 0 Å². The van der Waals surface area contributed by atoms with Crippen molar-refractivity contribution in [3.05, 3.63) is 48.0 Å². The molecular formula is C15H20N4. The van der Waals surface area contributed by atoms with E-state index in [9.17, 15) is 0 Å². The van der Waals surface area contributed by atoms with E-state index in [0.717, 1.165) is 18.8 Å². The van der Waals surface area contributed by atoms with E-state index in [1.807, 2.05) is 6.20 Å². The molecule has 100 valence electrons. The lowest BCUT2D eigenvalue weighted by Crippen LogP contribution is -2.17. The van der Waals surface area contributed by atoms with Gasteiger partial charge in [-0.3, -0.25) is 0 Å². The summed E-state index contributed by atoms with van der Waals surface area (Å²) in [6.07, 6.45) is 6.21. The fraction of sp³-hybridized carbons (Fsp3) is 0.400. The number of aromatic nitrogens is 2. The number of hydrogen-bond donors (Lipinski definition) is 2. The van der Waals surface area contributed by atoms with Crippen LogP contribution >= 0.6 is 0 Å². The van der Waals surface area contributed by atoms with Gasteiger partial charge in [0.2, 0.25) is 0 Å². The smallest absolute Gasteiger partial charge is 0.0922 e. The lowest BCUT2D eigenvalue weighted by Gasteiger charge is -2.17. The van der Waals surface area contributed by atoms with Crippen molar-refractivity contribution < 1.29 is 0 Å². The van der Waals surface area contributed by atoms with Crippen LogP contribution in [0.2, 0.25) is 0 Å². The van der Waals surface area contributed by atoms with Gasteiger partial charge in [-0.2, -0.15) is 0 Å². The summed E-state index contributed by atoms with van der Waals surface area (Å²) >= 11 is 0. The molecule has 1 aromatic heterocycles. The summed E-state index contributed by atoms with van der Waals surface area (Å²) in [6, 6.07) is 8.90. The summed E-state index contributed by atoms with van der Waals surface area (Å²) in [6.45, 7) is 4.13. The van der Waals surface area contributed by atoms with Gasteiger partial charge in [0, 0.05) is 43.8 Å². The number of nitrogens with zero attached hydrogens (tertiary/aromatic N) is 2. The molecule has 0 bridgehead atoms. The van der Waals surface area contributed by atoms with Crippen LogP contribution in [-0.2, 0) is 13.1 Å². The van der Waals surface area contributed by atoms with Gasteiger partial charge in [0.05, 0.1) is 6.33 Å². The molecule has 2 aromatic rings. The summed E-state index contributed by atoms with van der Waals surface area (Å²) in [5, 5.41) is 3.41. The quantitative estimate of drug-likeness (QED) is 0.862. The van der Waals surface area contributed by atoms with E-state index >= 15 is 0 Å². The fourth-order valence-corrected chi connectivity index (χ4v) is 2.52. The van der Waals surface area contributed by atoms with Crippen molar-refractivity contribution >= 4 is 5.69 Å². The number of anilines is 1. The molecule has 1 aromatic carbocycles. The van der Waals surface area contributed by atoms with Crippen LogP contribution < -0.4 is 10.2 Å². The van der Waals surface area contributed by atoms with Gasteiger partial charge in [-0.05, 0) is 30.5 Å². The van der Waals surface area contributed by atoms with Gasteiger partial charge in [-0.25, -0.2) is 4.98 Å². The fourth-order valence-electron chi connectivity index (χ4n) is 2.52. The van der Waals surface area contributed by atoms with E-state index in [1.165, 1.54) is 37.2 Å². The first-order chi connectivity index (χ1) is 9.42. The Morgan fingerprint density at radius 2 is 1.89 bits per heavy atom. The van der Waals surface area contributed by atoms with Crippen LogP contribution in [0.3, 0.4) is 0 Å². The Balaban J connectivity index is 1.51. The second-order valence-electron chi connectivity index (χ2n) is 5.04. The maximum Gasteiger partial charge on any atom is 0.0922 e. The van der Waals surface area contributed by atoms with Crippen molar-refractivity contribution in [3.8, 4) is 0 Å². The summed E-state index contributed by atoms with van der Waals surface area (Å²) in [5.74, 6) is 0. The highest BCUT2D eigenvalue weighted by Gasteiger charge is 2.11. The number of rotatable bonds is 5. The Labute approximate surface area is 113 Å². The molecule has 0 spiro atoms. The molecule has 1 aliphatic rings. The zero-order valence-electron chi connectivity index (χ0n) is 11.1. The van der Waals surface area contributed by atoms with Gasteiger partial charge in [0.15, 0.2) is 0 Å². The first-order valence-electron chi connectivity index (χ1n) is 6.94. The minimum atomic E-state index is 0.827. The molecule has 4 heteroatoms. The van der Waals surface area contributed by atoms with Crippen LogP contribution in [0.4, 0.5) is 5.69 Å². The average Bonchev–Trinajstić information content (AvgIpc) is 3.13. The molecule has 19 heavy (non-hydrogen) atoms. The lowest BCUT2D eigenvalue weighted by atomic mass is 10.2. The highest BCUT2D eigenvalue weighted by molar-refractivity contribution is 5.48. The number of aromatic amines is 1. The molecule has 0 amide bonds. The van der Waals surface area contributed by atoms with Crippen molar-refractivity contribution in [1.82, 2.24) is 15.3 Å². The first-order valence-corrected chi connectivity index (χ1v) is 6.94. The molecule has 0 radical (unpaired) electrons. The molecule has 3 rings (SSSR count). The number of imidazole rings is 1. The second-order valence-corrected chi connectivity index (χ2v) is 5.04. The van der Waals surface area contributed by atoms with Crippen LogP contribution in [0, 0.1) is 0 Å². The molecular weight excluding hydrogens is 236 g/mol. The third-order valence-corrected chi connectivity index (χ3v) is 3.61. The van der Waals surface area contributed by atoms with Crippen molar-refractivity contribution in [1.29, 1.82) is 0 Å². The van der Waals surface area contributed by atoms with Crippen molar-refractivity contribution in [2.75, 3.05) is 18.0 Å². The van der Waals surface area contributed by atoms with Crippen molar-refractivity contribution in [2.24, 2.45) is 0 Å². The van der Waals surface area contributed by atoms with Crippen LogP contribution in [0.15, 0.2) is 36.8 Å². The maximum absolute atomic E-state index is 4.00. The van der Waals surface area contributed by atoms with Crippen LogP contribution in [0.25, 0.3) is 0 Å². The van der Waals surface area contributed by atoms with E-state index in [2.05, 4.69) is 44.5 Å². The zero-order valence-corrected chi connectivity index (χ0v) is 11.1. The van der Waals surface area contributed by atoms with E-state index in [4.69, 9.17) is 0 Å². The van der Waals surface area contributed by atoms with Crippen molar-refractivity contribution in [2.45, 2.75) is 25.9 Å². The first kappa shape index (κ1) is 12.2. The molecule has 1 saturated heterocycles. The van der Waals surface area contributed by atoms with Gasteiger partial charge < -0.3 is 15.2 Å². The maximum atomic E-state index is 4.00. The summed E-state index contributed by atoms with van der Waals surface area (Å²) in [4.78, 5) is 9.55. The Hall–Kier alpha value is -1.81. The zero-order chi connectivity index (χ0) is 12.9. The Morgan fingerprint density at radius 1 is 1.11 bits per heavy atom. The normalized spacial score (nSPS) is 15.1. The highest BCUT2D eigenvalue weighted by atomic mass is 15.1. The molecule has 1 aliphatic heterocycles. The molecule has 2 heterocycles. The van der Waals surface area contributed by atoms with E-state index in [0.29, 0.717) is 0 Å². The summed E-state index contributed by atoms with van der Waals surface area (Å²) in [7, 11) is 0. The predicted octanol–water partition coefficient (Wildman–Crippen LogP) is 2.30. The predicted molar refractivity (Wildman–Crippen MR) is 77.0 cm³/mol. The van der Waals surface area contributed by atoms with E-state index in [1.54, 1.807) is 6.33 Å². The number of benzene rings is 1. The highest BCUT2D eigenvalue weighted by Crippen LogP contribution is 2.20. The van der Waals surface area contributed by atoms with Gasteiger partial charge in [0.25, 0.3) is 0 Å². The molecule has 4 nitrogen and oxygen atoms in total. The molecule has 0 unspecified atom stereocenters. The van der Waals surface area contributed by atoms with E-state index in [-0.39, 0.29) is 0 Å². The Morgan fingerprint density at radius 3 is 2.58 bits per heavy atom. The summed E-state index contributed by atoms with van der Waals surface area (Å²) < 4.78 is 0. The monoisotopic (exact) mass is 256 g/mol. The largest absolute Gasteiger partial charge is 0.372 e. The number of hydrogen-bond acceptors (Lipinski definition) is 3. The van der Waals surface area contributed by atoms with Crippen molar-refractivity contribution in [3.63, 3.8) is 0 Å². The minimum Gasteiger partial charge on any atom is -0.372 e. The van der Waals surface area contributed by atoms with Gasteiger partial charge in [-0.1, -0.05) is 12.1 Å². The third-order valence-electron chi connectivity index (χ3n) is 3.61. The molecule has 0 aliphatic carbocycles. The molecule has 0 atom stereocenters. The standard InChI is InChI=1S/C15H20N4/c1-2-8-19(7-1)15-5-3-13(4-6-15)9-16-10-14-11-17-12-18-14/h3-6,11-12,16H,1-2,7-10H2,(H,17,18). The SMILES string of the molecule is c1ncc(CNCc2ccc(N3CCCC3)cc2)[nH]1. The van der Waals surface area contributed by atoms with Crippen LogP contribution in [0.1, 0.15) is 24.1 Å². The number of nitrogens with one attached hydrogen (secondary N) is 2. The molecule has 0 saturated carbocycles. The Bertz CT molecular complexity index is 483. The Kier molecular flexibility index (Phi) is 3.79. The van der Waals surface area contributed by atoms with Gasteiger partial charge >= 0.3 is 0 Å². The molecule has 1 fully saturated rings. The molecule has 2 N–H and O–H groups in total. The minimum absolute atomic E-state index is 0.827. The van der Waals surface area contributed by atoms with Crippen LogP contribution in [-0.4, -0.2) is 23.1 Å².